The Morgan fingerprint density at radius 1 is 1.22 bits per heavy atom. The zero-order chi connectivity index (χ0) is 22.5. The van der Waals surface area contributed by atoms with Gasteiger partial charge < -0.3 is 20.3 Å². The van der Waals surface area contributed by atoms with Crippen molar-refractivity contribution in [3.05, 3.63) is 66.9 Å². The molecule has 1 atom stereocenters. The first-order chi connectivity index (χ1) is 15.6. The van der Waals surface area contributed by atoms with Gasteiger partial charge in [-0.15, -0.1) is 0 Å². The summed E-state index contributed by atoms with van der Waals surface area (Å²) in [5, 5.41) is 6.98. The van der Waals surface area contributed by atoms with E-state index >= 15 is 0 Å². The first kappa shape index (κ1) is 21.3. The van der Waals surface area contributed by atoms with Crippen molar-refractivity contribution in [2.45, 2.75) is 18.9 Å². The number of fused-ring (bicyclic) bond motifs is 1. The Bertz CT molecular complexity index is 1150. The third-order valence-electron chi connectivity index (χ3n) is 5.42. The summed E-state index contributed by atoms with van der Waals surface area (Å²) in [6.45, 7) is 4.69. The van der Waals surface area contributed by atoms with Crippen LogP contribution in [0.1, 0.15) is 23.2 Å². The summed E-state index contributed by atoms with van der Waals surface area (Å²) >= 11 is 0. The van der Waals surface area contributed by atoms with Gasteiger partial charge in [0.2, 0.25) is 11.9 Å². The van der Waals surface area contributed by atoms with Gasteiger partial charge in [-0.1, -0.05) is 6.58 Å². The average molecular weight is 431 g/mol. The highest BCUT2D eigenvalue weighted by molar-refractivity contribution is 5.99. The first-order valence-electron chi connectivity index (χ1n) is 10.5. The van der Waals surface area contributed by atoms with Crippen molar-refractivity contribution >= 4 is 34.4 Å². The van der Waals surface area contributed by atoms with Gasteiger partial charge in [0.15, 0.2) is 0 Å². The molecule has 2 aromatic carbocycles. The molecule has 0 spiro atoms. The smallest absolute Gasteiger partial charge is 0.253 e. The fourth-order valence-electron chi connectivity index (χ4n) is 3.73. The number of likely N-dealkylation sites (tertiary alicyclic amines) is 1. The number of nitrogens with one attached hydrogen (secondary N) is 2. The van der Waals surface area contributed by atoms with E-state index in [0.717, 1.165) is 29.5 Å². The van der Waals surface area contributed by atoms with E-state index in [0.29, 0.717) is 30.3 Å². The molecule has 2 heterocycles. The highest BCUT2D eigenvalue weighted by Gasteiger charge is 2.25. The number of methoxy groups -OCH3 is 1. The second-order valence-corrected chi connectivity index (χ2v) is 7.62. The SMILES string of the molecule is C=CC(=O)Nc1ccc(C(=O)N2CCCC(Nc3ncc4ccc(OC)cc4n3)C2)cc1. The zero-order valence-corrected chi connectivity index (χ0v) is 17.9. The van der Waals surface area contributed by atoms with Gasteiger partial charge in [0.25, 0.3) is 5.91 Å². The number of piperidine rings is 1. The van der Waals surface area contributed by atoms with Crippen LogP contribution in [-0.2, 0) is 4.79 Å². The second kappa shape index (κ2) is 9.47. The Balaban J connectivity index is 1.41. The number of rotatable bonds is 6. The summed E-state index contributed by atoms with van der Waals surface area (Å²) in [7, 11) is 1.63. The lowest BCUT2D eigenvalue weighted by atomic mass is 10.0. The first-order valence-corrected chi connectivity index (χ1v) is 10.5. The van der Waals surface area contributed by atoms with E-state index in [2.05, 4.69) is 27.2 Å². The van der Waals surface area contributed by atoms with Gasteiger partial charge in [-0.05, 0) is 55.3 Å². The summed E-state index contributed by atoms with van der Waals surface area (Å²) in [5.74, 6) is 0.949. The van der Waals surface area contributed by atoms with Crippen LogP contribution >= 0.6 is 0 Å². The van der Waals surface area contributed by atoms with E-state index in [4.69, 9.17) is 4.74 Å². The van der Waals surface area contributed by atoms with E-state index in [9.17, 15) is 9.59 Å². The van der Waals surface area contributed by atoms with E-state index < -0.39 is 0 Å². The number of aromatic nitrogens is 2. The Morgan fingerprint density at radius 2 is 2.03 bits per heavy atom. The molecule has 0 bridgehead atoms. The maximum absolute atomic E-state index is 13.0. The Labute approximate surface area is 186 Å². The second-order valence-electron chi connectivity index (χ2n) is 7.62. The minimum Gasteiger partial charge on any atom is -0.497 e. The number of anilines is 2. The summed E-state index contributed by atoms with van der Waals surface area (Å²) in [6, 6.07) is 12.6. The predicted molar refractivity (Wildman–Crippen MR) is 124 cm³/mol. The van der Waals surface area contributed by atoms with Crippen LogP contribution in [0, 0.1) is 0 Å². The molecule has 3 aromatic rings. The number of carbonyl (C=O) groups is 2. The number of hydrogen-bond donors (Lipinski definition) is 2. The van der Waals surface area contributed by atoms with Gasteiger partial charge in [-0.3, -0.25) is 9.59 Å². The number of benzene rings is 2. The van der Waals surface area contributed by atoms with Crippen LogP contribution in [0.5, 0.6) is 5.75 Å². The monoisotopic (exact) mass is 431 g/mol. The van der Waals surface area contributed by atoms with Crippen molar-refractivity contribution in [1.29, 1.82) is 0 Å². The van der Waals surface area contributed by atoms with Crippen molar-refractivity contribution < 1.29 is 14.3 Å². The Kier molecular flexibility index (Phi) is 6.30. The number of amides is 2. The molecule has 2 N–H and O–H groups in total. The molecule has 8 nitrogen and oxygen atoms in total. The van der Waals surface area contributed by atoms with Crippen LogP contribution in [0.3, 0.4) is 0 Å². The number of carbonyl (C=O) groups excluding carboxylic acids is 2. The van der Waals surface area contributed by atoms with Crippen molar-refractivity contribution in [1.82, 2.24) is 14.9 Å². The normalized spacial score (nSPS) is 15.8. The van der Waals surface area contributed by atoms with Gasteiger partial charge in [-0.25, -0.2) is 9.97 Å². The minimum atomic E-state index is -0.289. The molecule has 0 aliphatic carbocycles. The summed E-state index contributed by atoms with van der Waals surface area (Å²) in [5.41, 5.74) is 2.00. The topological polar surface area (TPSA) is 96.5 Å². The lowest BCUT2D eigenvalue weighted by Gasteiger charge is -2.33. The Hall–Kier alpha value is -3.94. The highest BCUT2D eigenvalue weighted by Crippen LogP contribution is 2.21. The highest BCUT2D eigenvalue weighted by atomic mass is 16.5. The number of ether oxygens (including phenoxy) is 1. The van der Waals surface area contributed by atoms with Crippen molar-refractivity contribution in [3.8, 4) is 5.75 Å². The lowest BCUT2D eigenvalue weighted by molar-refractivity contribution is -0.111. The largest absolute Gasteiger partial charge is 0.497 e. The molecule has 1 saturated heterocycles. The van der Waals surface area contributed by atoms with Gasteiger partial charge in [-0.2, -0.15) is 0 Å². The molecule has 1 aromatic heterocycles. The molecule has 1 aliphatic rings. The van der Waals surface area contributed by atoms with Crippen molar-refractivity contribution in [2.75, 3.05) is 30.8 Å². The molecular weight excluding hydrogens is 406 g/mol. The van der Waals surface area contributed by atoms with Crippen molar-refractivity contribution in [2.24, 2.45) is 0 Å². The van der Waals surface area contributed by atoms with Crippen LogP contribution in [0.2, 0.25) is 0 Å². The van der Waals surface area contributed by atoms with E-state index in [1.54, 1.807) is 37.6 Å². The molecule has 0 radical (unpaired) electrons. The van der Waals surface area contributed by atoms with E-state index in [-0.39, 0.29) is 17.9 Å². The Morgan fingerprint density at radius 3 is 2.78 bits per heavy atom. The van der Waals surface area contributed by atoms with Gasteiger partial charge in [0.05, 0.1) is 12.6 Å². The molecule has 164 valence electrons. The van der Waals surface area contributed by atoms with E-state index in [1.165, 1.54) is 6.08 Å². The molecular formula is C24H25N5O3. The third-order valence-corrected chi connectivity index (χ3v) is 5.42. The quantitative estimate of drug-likeness (QED) is 0.580. The standard InChI is InChI=1S/C24H25N5O3/c1-3-22(30)26-18-9-6-16(7-10-18)23(31)29-12-4-5-19(15-29)27-24-25-14-17-8-11-20(32-2)13-21(17)28-24/h3,6-11,13-14,19H,1,4-5,12,15H2,2H3,(H,26,30)(H,25,27,28). The fraction of sp³-hybridized carbons (Fsp3) is 0.250. The van der Waals surface area contributed by atoms with Crippen LogP contribution in [0.15, 0.2) is 61.3 Å². The molecule has 2 amide bonds. The molecule has 1 aliphatic heterocycles. The number of nitrogens with zero attached hydrogens (tertiary/aromatic N) is 3. The molecule has 1 unspecified atom stereocenters. The van der Waals surface area contributed by atoms with Crippen LogP contribution in [0.4, 0.5) is 11.6 Å². The molecule has 0 saturated carbocycles. The van der Waals surface area contributed by atoms with Crippen LogP contribution in [-0.4, -0.2) is 52.9 Å². The molecule has 8 heteroatoms. The van der Waals surface area contributed by atoms with Gasteiger partial charge in [0, 0.05) is 48.0 Å². The zero-order valence-electron chi connectivity index (χ0n) is 17.9. The maximum atomic E-state index is 13.0. The average Bonchev–Trinajstić information content (AvgIpc) is 2.83. The fourth-order valence-corrected chi connectivity index (χ4v) is 3.73. The summed E-state index contributed by atoms with van der Waals surface area (Å²) in [6.07, 6.45) is 4.80. The maximum Gasteiger partial charge on any atom is 0.253 e. The third kappa shape index (κ3) is 4.85. The van der Waals surface area contributed by atoms with Crippen molar-refractivity contribution in [3.63, 3.8) is 0 Å². The molecule has 1 fully saturated rings. The minimum absolute atomic E-state index is 0.0396. The van der Waals surface area contributed by atoms with Gasteiger partial charge in [0.1, 0.15) is 5.75 Å². The van der Waals surface area contributed by atoms with E-state index in [1.807, 2.05) is 23.1 Å². The van der Waals surface area contributed by atoms with Gasteiger partial charge >= 0.3 is 0 Å². The number of hydrogen-bond acceptors (Lipinski definition) is 6. The predicted octanol–water partition coefficient (Wildman–Crippen LogP) is 3.48. The summed E-state index contributed by atoms with van der Waals surface area (Å²) in [4.78, 5) is 35.2. The molecule has 4 rings (SSSR count). The lowest BCUT2D eigenvalue weighted by Crippen LogP contribution is -2.45. The summed E-state index contributed by atoms with van der Waals surface area (Å²) < 4.78 is 5.28. The molecule has 32 heavy (non-hydrogen) atoms. The van der Waals surface area contributed by atoms with Crippen LogP contribution in [0.25, 0.3) is 10.9 Å². The van der Waals surface area contributed by atoms with Crippen LogP contribution < -0.4 is 15.4 Å².